The van der Waals surface area contributed by atoms with Crippen LogP contribution >= 0.6 is 0 Å². The Bertz CT molecular complexity index is 876. The van der Waals surface area contributed by atoms with Crippen LogP contribution in [-0.2, 0) is 16.8 Å². The molecule has 1 aliphatic heterocycles. The fraction of sp³-hybridized carbons (Fsp3) is 0.300. The van der Waals surface area contributed by atoms with Crippen LogP contribution in [0.15, 0.2) is 53.5 Å². The first-order chi connectivity index (χ1) is 13.4. The summed E-state index contributed by atoms with van der Waals surface area (Å²) in [7, 11) is 1.65. The molecule has 1 aliphatic rings. The van der Waals surface area contributed by atoms with E-state index in [1.807, 2.05) is 18.2 Å². The number of halogens is 3. The van der Waals surface area contributed by atoms with Gasteiger partial charge in [0.05, 0.1) is 6.67 Å². The standard InChI is InChI=1S/C20H20F3N3O2/c1-26-17(12-27)20(25-19(26)24,14-5-3-2-4-6-14)15-7-8-16(28-18(22)23)13(11-15)9-10-21/h2-8,11-12,17-18H,9-10H2,1H3,(H2,24,25)/t17-,20?/m0/s1. The number of hydrogen-bond acceptors (Lipinski definition) is 5. The first kappa shape index (κ1) is 19.7. The van der Waals surface area contributed by atoms with Crippen molar-refractivity contribution >= 4 is 12.2 Å². The van der Waals surface area contributed by atoms with E-state index in [2.05, 4.69) is 9.73 Å². The van der Waals surface area contributed by atoms with Gasteiger partial charge in [-0.15, -0.1) is 0 Å². The second-order valence-corrected chi connectivity index (χ2v) is 6.43. The molecule has 0 aliphatic carbocycles. The van der Waals surface area contributed by atoms with E-state index in [0.29, 0.717) is 11.1 Å². The van der Waals surface area contributed by atoms with Crippen LogP contribution in [0.4, 0.5) is 13.2 Å². The maximum Gasteiger partial charge on any atom is 0.387 e. The van der Waals surface area contributed by atoms with Gasteiger partial charge in [-0.2, -0.15) is 8.78 Å². The smallest absolute Gasteiger partial charge is 0.387 e. The maximum atomic E-state index is 13.0. The minimum absolute atomic E-state index is 0.106. The molecule has 2 atom stereocenters. The number of rotatable bonds is 7. The van der Waals surface area contributed by atoms with Gasteiger partial charge < -0.3 is 20.2 Å². The molecule has 0 fully saturated rings. The van der Waals surface area contributed by atoms with Gasteiger partial charge in [-0.1, -0.05) is 36.4 Å². The number of likely N-dealkylation sites (N-methyl/N-ethyl adjacent to an activating group) is 1. The van der Waals surface area contributed by atoms with Crippen molar-refractivity contribution in [3.05, 3.63) is 65.2 Å². The van der Waals surface area contributed by atoms with E-state index in [-0.39, 0.29) is 23.7 Å². The van der Waals surface area contributed by atoms with Crippen LogP contribution in [-0.4, -0.2) is 43.5 Å². The minimum Gasteiger partial charge on any atom is -0.435 e. The second kappa shape index (κ2) is 7.92. The quantitative estimate of drug-likeness (QED) is 0.737. The van der Waals surface area contributed by atoms with Gasteiger partial charge in [-0.25, -0.2) is 4.99 Å². The molecule has 0 saturated heterocycles. The van der Waals surface area contributed by atoms with E-state index < -0.39 is 24.9 Å². The number of guanidine groups is 1. The predicted molar refractivity (Wildman–Crippen MR) is 99.2 cm³/mol. The molecule has 0 spiro atoms. The molecular formula is C20H20F3N3O2. The van der Waals surface area contributed by atoms with E-state index in [4.69, 9.17) is 5.73 Å². The Labute approximate surface area is 160 Å². The van der Waals surface area contributed by atoms with E-state index >= 15 is 0 Å². The van der Waals surface area contributed by atoms with Crippen molar-refractivity contribution < 1.29 is 22.7 Å². The first-order valence-electron chi connectivity index (χ1n) is 8.67. The Hall–Kier alpha value is -3.03. The number of aliphatic imine (C=N–C) groups is 1. The van der Waals surface area contributed by atoms with Crippen LogP contribution < -0.4 is 10.5 Å². The Kier molecular flexibility index (Phi) is 5.58. The summed E-state index contributed by atoms with van der Waals surface area (Å²) in [4.78, 5) is 18.1. The van der Waals surface area contributed by atoms with Crippen LogP contribution in [0, 0.1) is 0 Å². The first-order valence-corrected chi connectivity index (χ1v) is 8.67. The summed E-state index contributed by atoms with van der Waals surface area (Å²) in [6.45, 7) is -3.77. The number of carbonyl (C=O) groups excluding carboxylic acids is 1. The summed E-state index contributed by atoms with van der Waals surface area (Å²) in [6, 6.07) is 12.8. The van der Waals surface area contributed by atoms with E-state index in [0.717, 1.165) is 6.29 Å². The third-order valence-corrected chi connectivity index (χ3v) is 4.92. The van der Waals surface area contributed by atoms with Gasteiger partial charge in [0, 0.05) is 13.5 Å². The average molecular weight is 391 g/mol. The zero-order chi connectivity index (χ0) is 20.3. The van der Waals surface area contributed by atoms with Gasteiger partial charge in [-0.3, -0.25) is 4.39 Å². The number of hydrogen-bond donors (Lipinski definition) is 1. The number of aryl methyl sites for hydroxylation is 1. The third-order valence-electron chi connectivity index (χ3n) is 4.92. The molecule has 3 rings (SSSR count). The summed E-state index contributed by atoms with van der Waals surface area (Å²) in [6.07, 6.45) is 0.635. The van der Waals surface area contributed by atoms with E-state index in [1.54, 1.807) is 36.2 Å². The third kappa shape index (κ3) is 3.30. The van der Waals surface area contributed by atoms with Gasteiger partial charge in [0.2, 0.25) is 0 Å². The summed E-state index contributed by atoms with van der Waals surface area (Å²) in [5, 5.41) is 0. The van der Waals surface area contributed by atoms with Crippen molar-refractivity contribution in [1.82, 2.24) is 4.90 Å². The van der Waals surface area contributed by atoms with Crippen LogP contribution in [0.5, 0.6) is 5.75 Å². The van der Waals surface area contributed by atoms with Crippen molar-refractivity contribution in [3.63, 3.8) is 0 Å². The molecule has 0 saturated carbocycles. The largest absolute Gasteiger partial charge is 0.435 e. The molecule has 2 N–H and O–H groups in total. The molecule has 0 bridgehead atoms. The van der Waals surface area contributed by atoms with Gasteiger partial charge in [0.25, 0.3) is 0 Å². The van der Waals surface area contributed by atoms with Crippen molar-refractivity contribution in [2.24, 2.45) is 10.7 Å². The Morgan fingerprint density at radius 1 is 1.25 bits per heavy atom. The number of alkyl halides is 3. The predicted octanol–water partition coefficient (Wildman–Crippen LogP) is 2.87. The zero-order valence-electron chi connectivity index (χ0n) is 15.2. The summed E-state index contributed by atoms with van der Waals surface area (Å²) < 4.78 is 42.9. The molecule has 28 heavy (non-hydrogen) atoms. The molecule has 1 unspecified atom stereocenters. The van der Waals surface area contributed by atoms with Gasteiger partial charge in [0.1, 0.15) is 23.6 Å². The number of ether oxygens (including phenoxy) is 1. The number of nitrogens with zero attached hydrogens (tertiary/aromatic N) is 2. The molecule has 8 heteroatoms. The van der Waals surface area contributed by atoms with E-state index in [9.17, 15) is 18.0 Å². The highest BCUT2D eigenvalue weighted by atomic mass is 19.3. The molecule has 2 aromatic rings. The summed E-state index contributed by atoms with van der Waals surface area (Å²) in [5.74, 6) is 0.0615. The normalized spacial score (nSPS) is 21.7. The monoisotopic (exact) mass is 391 g/mol. The van der Waals surface area contributed by atoms with Crippen molar-refractivity contribution in [1.29, 1.82) is 0 Å². The lowest BCUT2D eigenvalue weighted by Gasteiger charge is -2.34. The Balaban J connectivity index is 2.23. The fourth-order valence-corrected chi connectivity index (χ4v) is 3.59. The van der Waals surface area contributed by atoms with Crippen LogP contribution in [0.3, 0.4) is 0 Å². The maximum absolute atomic E-state index is 13.0. The van der Waals surface area contributed by atoms with Crippen LogP contribution in [0.2, 0.25) is 0 Å². The highest BCUT2D eigenvalue weighted by Crippen LogP contribution is 2.43. The average Bonchev–Trinajstić information content (AvgIpc) is 2.95. The van der Waals surface area contributed by atoms with Gasteiger partial charge in [-0.05, 0) is 28.8 Å². The molecule has 0 radical (unpaired) electrons. The lowest BCUT2D eigenvalue weighted by atomic mass is 9.77. The number of aldehydes is 1. The Morgan fingerprint density at radius 3 is 2.57 bits per heavy atom. The number of carbonyl (C=O) groups is 1. The fourth-order valence-electron chi connectivity index (χ4n) is 3.59. The Morgan fingerprint density at radius 2 is 1.96 bits per heavy atom. The van der Waals surface area contributed by atoms with Crippen LogP contribution in [0.1, 0.15) is 16.7 Å². The minimum atomic E-state index is -3.03. The molecule has 1 heterocycles. The molecular weight excluding hydrogens is 371 g/mol. The molecule has 2 aromatic carbocycles. The topological polar surface area (TPSA) is 67.9 Å². The van der Waals surface area contributed by atoms with Crippen molar-refractivity contribution in [2.45, 2.75) is 24.6 Å². The van der Waals surface area contributed by atoms with Crippen LogP contribution in [0.25, 0.3) is 0 Å². The SMILES string of the molecule is CN1C(N)=NC(c2ccccc2)(c2ccc(OC(F)F)c(CCF)c2)[C@@H]1C=O. The van der Waals surface area contributed by atoms with Gasteiger partial charge >= 0.3 is 6.61 Å². The summed E-state index contributed by atoms with van der Waals surface area (Å²) in [5.41, 5.74) is 6.34. The number of nitrogens with two attached hydrogens (primary N) is 1. The number of benzene rings is 2. The van der Waals surface area contributed by atoms with Crippen molar-refractivity contribution in [3.8, 4) is 5.75 Å². The summed E-state index contributed by atoms with van der Waals surface area (Å²) >= 11 is 0. The van der Waals surface area contributed by atoms with E-state index in [1.165, 1.54) is 6.07 Å². The zero-order valence-corrected chi connectivity index (χ0v) is 15.2. The second-order valence-electron chi connectivity index (χ2n) is 6.43. The van der Waals surface area contributed by atoms with Gasteiger partial charge in [0.15, 0.2) is 5.96 Å². The molecule has 5 nitrogen and oxygen atoms in total. The highest BCUT2D eigenvalue weighted by Gasteiger charge is 2.49. The molecule has 0 aromatic heterocycles. The molecule has 148 valence electrons. The highest BCUT2D eigenvalue weighted by molar-refractivity contribution is 5.87. The lowest BCUT2D eigenvalue weighted by molar-refractivity contribution is -0.112. The van der Waals surface area contributed by atoms with Crippen molar-refractivity contribution in [2.75, 3.05) is 13.7 Å². The lowest BCUT2D eigenvalue weighted by Crippen LogP contribution is -2.46. The molecule has 0 amide bonds.